The summed E-state index contributed by atoms with van der Waals surface area (Å²) in [5.74, 6) is 0.786. The highest BCUT2D eigenvalue weighted by Crippen LogP contribution is 2.30. The second-order valence-electron chi connectivity index (χ2n) is 9.24. The van der Waals surface area contributed by atoms with Gasteiger partial charge in [-0.1, -0.05) is 23.8 Å². The molecular formula is C26H33N7O2. The third-order valence-corrected chi connectivity index (χ3v) is 6.22. The van der Waals surface area contributed by atoms with Crippen LogP contribution >= 0.6 is 0 Å². The average molecular weight is 476 g/mol. The van der Waals surface area contributed by atoms with E-state index in [4.69, 9.17) is 24.5 Å². The highest BCUT2D eigenvalue weighted by atomic mass is 16.5. The van der Waals surface area contributed by atoms with Crippen molar-refractivity contribution in [3.05, 3.63) is 54.0 Å². The Morgan fingerprint density at radius 2 is 1.94 bits per heavy atom. The highest BCUT2D eigenvalue weighted by molar-refractivity contribution is 5.87. The minimum Gasteiger partial charge on any atom is -0.383 e. The second kappa shape index (κ2) is 10.2. The van der Waals surface area contributed by atoms with Crippen LogP contribution in [0.1, 0.15) is 11.3 Å². The van der Waals surface area contributed by atoms with Crippen LogP contribution in [0.25, 0.3) is 28.2 Å². The maximum Gasteiger partial charge on any atom is 0.164 e. The molecular weight excluding hydrogens is 442 g/mol. The quantitative estimate of drug-likeness (QED) is 0.388. The lowest BCUT2D eigenvalue weighted by Gasteiger charge is -2.29. The van der Waals surface area contributed by atoms with Crippen molar-refractivity contribution < 1.29 is 9.47 Å². The molecule has 9 nitrogen and oxygen atoms in total. The molecule has 4 heterocycles. The molecule has 1 aromatic carbocycles. The Bertz CT molecular complexity index is 1300. The van der Waals surface area contributed by atoms with Gasteiger partial charge in [0, 0.05) is 44.9 Å². The first-order chi connectivity index (χ1) is 17.0. The third kappa shape index (κ3) is 4.93. The summed E-state index contributed by atoms with van der Waals surface area (Å²) < 4.78 is 15.0. The molecule has 1 aliphatic rings. The van der Waals surface area contributed by atoms with E-state index in [1.54, 1.807) is 7.11 Å². The number of aryl methyl sites for hydroxylation is 1. The fraction of sp³-hybridized carbons (Fsp3) is 0.423. The van der Waals surface area contributed by atoms with E-state index in [9.17, 15) is 0 Å². The van der Waals surface area contributed by atoms with Crippen LogP contribution in [0.2, 0.25) is 0 Å². The van der Waals surface area contributed by atoms with Crippen molar-refractivity contribution in [1.29, 1.82) is 0 Å². The number of aromatic nitrogens is 5. The standard InChI is InChI=1S/C26H33N7O2/c1-19-6-5-7-20(14-19)22-15-21(17-30(2)3)33(29-22)24-16-23(31-9-12-35-13-10-31)25-26(28-24)32(18-27-25)8-11-34-4/h5-7,14-16,18H,8-13,17H2,1-4H3. The van der Waals surface area contributed by atoms with Crippen molar-refractivity contribution in [3.8, 4) is 17.1 Å². The molecule has 3 aromatic heterocycles. The number of hydrogen-bond donors (Lipinski definition) is 0. The van der Waals surface area contributed by atoms with Crippen LogP contribution in [0.4, 0.5) is 5.69 Å². The Balaban J connectivity index is 1.67. The zero-order chi connectivity index (χ0) is 24.4. The molecule has 1 saturated heterocycles. The summed E-state index contributed by atoms with van der Waals surface area (Å²) in [7, 11) is 5.85. The number of imidazole rings is 1. The lowest BCUT2D eigenvalue weighted by Crippen LogP contribution is -2.36. The van der Waals surface area contributed by atoms with Crippen LogP contribution in [-0.4, -0.2) is 83.3 Å². The van der Waals surface area contributed by atoms with Crippen molar-refractivity contribution in [1.82, 2.24) is 29.2 Å². The van der Waals surface area contributed by atoms with Crippen molar-refractivity contribution in [2.75, 3.05) is 59.0 Å². The number of ether oxygens (including phenoxy) is 2. The van der Waals surface area contributed by atoms with Gasteiger partial charge in [0.05, 0.1) is 43.2 Å². The molecule has 0 radical (unpaired) electrons. The van der Waals surface area contributed by atoms with E-state index in [1.165, 1.54) is 5.56 Å². The maximum atomic E-state index is 5.61. The predicted molar refractivity (Wildman–Crippen MR) is 137 cm³/mol. The molecule has 0 saturated carbocycles. The zero-order valence-electron chi connectivity index (χ0n) is 20.9. The average Bonchev–Trinajstić information content (AvgIpc) is 3.46. The zero-order valence-corrected chi connectivity index (χ0v) is 20.9. The Morgan fingerprint density at radius 1 is 1.11 bits per heavy atom. The van der Waals surface area contributed by atoms with Gasteiger partial charge in [0.1, 0.15) is 5.52 Å². The van der Waals surface area contributed by atoms with Gasteiger partial charge in [-0.15, -0.1) is 0 Å². The lowest BCUT2D eigenvalue weighted by atomic mass is 10.1. The Morgan fingerprint density at radius 3 is 2.69 bits per heavy atom. The predicted octanol–water partition coefficient (Wildman–Crippen LogP) is 3.14. The van der Waals surface area contributed by atoms with Crippen molar-refractivity contribution in [2.45, 2.75) is 20.0 Å². The van der Waals surface area contributed by atoms with Gasteiger partial charge in [-0.25, -0.2) is 14.6 Å². The van der Waals surface area contributed by atoms with Gasteiger partial charge >= 0.3 is 0 Å². The number of methoxy groups -OCH3 is 1. The Kier molecular flexibility index (Phi) is 6.81. The summed E-state index contributed by atoms with van der Waals surface area (Å²) in [5, 5.41) is 5.04. The van der Waals surface area contributed by atoms with E-state index in [1.807, 2.05) is 11.0 Å². The van der Waals surface area contributed by atoms with Crippen LogP contribution in [0.15, 0.2) is 42.7 Å². The Hall–Kier alpha value is -3.27. The van der Waals surface area contributed by atoms with E-state index in [-0.39, 0.29) is 0 Å². The van der Waals surface area contributed by atoms with Gasteiger partial charge in [0.15, 0.2) is 11.5 Å². The van der Waals surface area contributed by atoms with E-state index in [0.29, 0.717) is 26.4 Å². The first-order valence-electron chi connectivity index (χ1n) is 12.0. The summed E-state index contributed by atoms with van der Waals surface area (Å²) in [5.41, 5.74) is 7.12. The molecule has 0 N–H and O–H groups in total. The molecule has 0 atom stereocenters. The SMILES string of the molecule is COCCn1cnc2c(N3CCOCC3)cc(-n3nc(-c4cccc(C)c4)cc3CN(C)C)nc21. The Labute approximate surface area is 205 Å². The van der Waals surface area contributed by atoms with Crippen LogP contribution in [-0.2, 0) is 22.6 Å². The first kappa shape index (κ1) is 23.5. The molecule has 184 valence electrons. The largest absolute Gasteiger partial charge is 0.383 e. The van der Waals surface area contributed by atoms with E-state index in [0.717, 1.165) is 59.3 Å². The van der Waals surface area contributed by atoms with Crippen LogP contribution in [0.5, 0.6) is 0 Å². The molecule has 1 aliphatic heterocycles. The van der Waals surface area contributed by atoms with Crippen LogP contribution in [0, 0.1) is 6.92 Å². The molecule has 0 unspecified atom stereocenters. The first-order valence-corrected chi connectivity index (χ1v) is 12.0. The summed E-state index contributed by atoms with van der Waals surface area (Å²) in [4.78, 5) is 14.3. The molecule has 0 bridgehead atoms. The molecule has 0 spiro atoms. The maximum absolute atomic E-state index is 5.61. The fourth-order valence-electron chi connectivity index (χ4n) is 4.51. The third-order valence-electron chi connectivity index (χ3n) is 6.22. The van der Waals surface area contributed by atoms with Crippen LogP contribution < -0.4 is 4.90 Å². The van der Waals surface area contributed by atoms with E-state index in [2.05, 4.69) is 71.8 Å². The number of benzene rings is 1. The van der Waals surface area contributed by atoms with Gasteiger partial charge < -0.3 is 23.8 Å². The van der Waals surface area contributed by atoms with Crippen molar-refractivity contribution in [2.24, 2.45) is 0 Å². The van der Waals surface area contributed by atoms with E-state index < -0.39 is 0 Å². The van der Waals surface area contributed by atoms with Gasteiger partial charge in [-0.05, 0) is 33.2 Å². The minimum absolute atomic E-state index is 0.593. The van der Waals surface area contributed by atoms with E-state index >= 15 is 0 Å². The summed E-state index contributed by atoms with van der Waals surface area (Å²) in [6.07, 6.45) is 1.85. The molecule has 0 amide bonds. The van der Waals surface area contributed by atoms with Gasteiger partial charge in [-0.3, -0.25) is 0 Å². The second-order valence-corrected chi connectivity index (χ2v) is 9.24. The monoisotopic (exact) mass is 475 g/mol. The number of nitrogens with zero attached hydrogens (tertiary/aromatic N) is 7. The molecule has 5 rings (SSSR count). The van der Waals surface area contributed by atoms with Gasteiger partial charge in [0.2, 0.25) is 0 Å². The van der Waals surface area contributed by atoms with Gasteiger partial charge in [-0.2, -0.15) is 5.10 Å². The number of morpholine rings is 1. The van der Waals surface area contributed by atoms with Gasteiger partial charge in [0.25, 0.3) is 0 Å². The summed E-state index contributed by atoms with van der Waals surface area (Å²) in [6.45, 7) is 7.17. The number of hydrogen-bond acceptors (Lipinski definition) is 7. The number of anilines is 1. The fourth-order valence-corrected chi connectivity index (χ4v) is 4.51. The number of pyridine rings is 1. The number of fused-ring (bicyclic) bond motifs is 1. The normalized spacial score (nSPS) is 14.4. The summed E-state index contributed by atoms with van der Waals surface area (Å²) in [6, 6.07) is 12.7. The highest BCUT2D eigenvalue weighted by Gasteiger charge is 2.21. The molecule has 0 aliphatic carbocycles. The molecule has 4 aromatic rings. The number of rotatable bonds is 8. The smallest absolute Gasteiger partial charge is 0.164 e. The van der Waals surface area contributed by atoms with Crippen LogP contribution in [0.3, 0.4) is 0 Å². The lowest BCUT2D eigenvalue weighted by molar-refractivity contribution is 0.123. The molecule has 9 heteroatoms. The molecule has 1 fully saturated rings. The van der Waals surface area contributed by atoms with Crippen molar-refractivity contribution in [3.63, 3.8) is 0 Å². The topological polar surface area (TPSA) is 73.5 Å². The molecule has 35 heavy (non-hydrogen) atoms. The minimum atomic E-state index is 0.593. The van der Waals surface area contributed by atoms with Crippen molar-refractivity contribution >= 4 is 16.9 Å². The summed E-state index contributed by atoms with van der Waals surface area (Å²) >= 11 is 0.